The molecule has 6 nitrogen and oxygen atoms in total. The molecule has 0 radical (unpaired) electrons. The van der Waals surface area contributed by atoms with Gasteiger partial charge in [0, 0.05) is 29.2 Å². The maximum absolute atomic E-state index is 13.1. The molecule has 0 saturated carbocycles. The Morgan fingerprint density at radius 2 is 1.96 bits per heavy atom. The molecular formula is C22H27N5O. The van der Waals surface area contributed by atoms with Crippen LogP contribution < -0.4 is 5.32 Å². The highest BCUT2D eigenvalue weighted by atomic mass is 16.1. The average molecular weight is 377 g/mol. The number of pyridine rings is 1. The van der Waals surface area contributed by atoms with Gasteiger partial charge in [0.05, 0.1) is 23.0 Å². The van der Waals surface area contributed by atoms with E-state index in [0.717, 1.165) is 48.1 Å². The van der Waals surface area contributed by atoms with E-state index in [2.05, 4.69) is 36.2 Å². The number of likely N-dealkylation sites (tertiary alicyclic amines) is 1. The number of amides is 1. The zero-order valence-electron chi connectivity index (χ0n) is 16.7. The Labute approximate surface area is 165 Å². The van der Waals surface area contributed by atoms with Crippen molar-refractivity contribution in [3.63, 3.8) is 0 Å². The lowest BCUT2D eigenvalue weighted by atomic mass is 10.0. The molecule has 0 aliphatic carbocycles. The van der Waals surface area contributed by atoms with Gasteiger partial charge in [0.15, 0.2) is 0 Å². The lowest BCUT2D eigenvalue weighted by Gasteiger charge is -2.29. The summed E-state index contributed by atoms with van der Waals surface area (Å²) in [5, 5.41) is 8.54. The van der Waals surface area contributed by atoms with E-state index in [1.165, 1.54) is 0 Å². The summed E-state index contributed by atoms with van der Waals surface area (Å²) < 4.78 is 1.91. The summed E-state index contributed by atoms with van der Waals surface area (Å²) in [6, 6.07) is 10.2. The number of nitrogens with one attached hydrogen (secondary N) is 1. The van der Waals surface area contributed by atoms with Gasteiger partial charge in [-0.3, -0.25) is 9.48 Å². The Hall–Kier alpha value is -2.73. The first kappa shape index (κ1) is 18.6. The molecule has 1 aliphatic rings. The molecule has 28 heavy (non-hydrogen) atoms. The molecule has 6 heteroatoms. The summed E-state index contributed by atoms with van der Waals surface area (Å²) in [6.07, 6.45) is 5.77. The van der Waals surface area contributed by atoms with Gasteiger partial charge >= 0.3 is 0 Å². The van der Waals surface area contributed by atoms with Crippen molar-refractivity contribution in [1.82, 2.24) is 25.0 Å². The molecular weight excluding hydrogens is 350 g/mol. The van der Waals surface area contributed by atoms with Crippen molar-refractivity contribution in [3.8, 4) is 11.3 Å². The number of nitrogens with zero attached hydrogens (tertiary/aromatic N) is 4. The quantitative estimate of drug-likeness (QED) is 0.756. The van der Waals surface area contributed by atoms with Crippen LogP contribution in [-0.4, -0.2) is 51.8 Å². The zero-order valence-corrected chi connectivity index (χ0v) is 16.7. The predicted molar refractivity (Wildman–Crippen MR) is 111 cm³/mol. The first-order valence-corrected chi connectivity index (χ1v) is 9.95. The number of rotatable bonds is 4. The third kappa shape index (κ3) is 3.78. The van der Waals surface area contributed by atoms with Crippen LogP contribution in [0.2, 0.25) is 0 Å². The zero-order chi connectivity index (χ0) is 19.7. The van der Waals surface area contributed by atoms with Gasteiger partial charge in [0.2, 0.25) is 0 Å². The summed E-state index contributed by atoms with van der Waals surface area (Å²) >= 11 is 0. The standard InChI is InChI=1S/C22H27N5O/c1-15(2)27-14-16(13-23-27)21-12-19(18-6-4-5-7-20(18)25-21)22(28)24-17-8-10-26(3)11-9-17/h4-7,12-15,17H,8-11H2,1-3H3,(H,24,28). The largest absolute Gasteiger partial charge is 0.349 e. The van der Waals surface area contributed by atoms with Gasteiger partial charge in [0.25, 0.3) is 5.91 Å². The molecule has 1 aromatic carbocycles. The maximum atomic E-state index is 13.1. The van der Waals surface area contributed by atoms with Crippen LogP contribution in [0.25, 0.3) is 22.2 Å². The molecule has 0 unspecified atom stereocenters. The van der Waals surface area contributed by atoms with E-state index < -0.39 is 0 Å². The fourth-order valence-electron chi connectivity index (χ4n) is 3.68. The van der Waals surface area contributed by atoms with Crippen molar-refractivity contribution in [3.05, 3.63) is 48.3 Å². The number of para-hydroxylation sites is 1. The van der Waals surface area contributed by atoms with E-state index in [9.17, 15) is 4.79 Å². The van der Waals surface area contributed by atoms with Crippen LogP contribution in [0.1, 0.15) is 43.1 Å². The molecule has 1 N–H and O–H groups in total. The molecule has 1 aliphatic heterocycles. The minimum atomic E-state index is -0.0225. The van der Waals surface area contributed by atoms with Crippen LogP contribution >= 0.6 is 0 Å². The van der Waals surface area contributed by atoms with Gasteiger partial charge in [-0.15, -0.1) is 0 Å². The second kappa shape index (κ2) is 7.72. The molecule has 0 atom stereocenters. The van der Waals surface area contributed by atoms with Gasteiger partial charge in [-0.1, -0.05) is 18.2 Å². The number of benzene rings is 1. The van der Waals surface area contributed by atoms with Gasteiger partial charge < -0.3 is 10.2 Å². The maximum Gasteiger partial charge on any atom is 0.252 e. The van der Waals surface area contributed by atoms with Gasteiger partial charge in [-0.2, -0.15) is 5.10 Å². The van der Waals surface area contributed by atoms with E-state index in [0.29, 0.717) is 5.56 Å². The average Bonchev–Trinajstić information content (AvgIpc) is 3.19. The van der Waals surface area contributed by atoms with Gasteiger partial charge in [-0.25, -0.2) is 4.98 Å². The molecule has 146 valence electrons. The van der Waals surface area contributed by atoms with Crippen LogP contribution in [0.15, 0.2) is 42.7 Å². The van der Waals surface area contributed by atoms with Crippen LogP contribution in [0.4, 0.5) is 0 Å². The first-order chi connectivity index (χ1) is 13.5. The van der Waals surface area contributed by atoms with Crippen molar-refractivity contribution in [1.29, 1.82) is 0 Å². The molecule has 0 spiro atoms. The number of hydrogen-bond donors (Lipinski definition) is 1. The summed E-state index contributed by atoms with van der Waals surface area (Å²) in [5.74, 6) is -0.0225. The monoisotopic (exact) mass is 377 g/mol. The van der Waals surface area contributed by atoms with E-state index in [4.69, 9.17) is 4.98 Å². The van der Waals surface area contributed by atoms with Crippen LogP contribution in [-0.2, 0) is 0 Å². The number of aromatic nitrogens is 3. The normalized spacial score (nSPS) is 16.0. The van der Waals surface area contributed by atoms with E-state index in [1.54, 1.807) is 0 Å². The van der Waals surface area contributed by atoms with Crippen LogP contribution in [0, 0.1) is 0 Å². The van der Waals surface area contributed by atoms with Gasteiger partial charge in [-0.05, 0) is 59.0 Å². The fraction of sp³-hybridized carbons (Fsp3) is 0.409. The molecule has 1 amide bonds. The van der Waals surface area contributed by atoms with Crippen molar-refractivity contribution < 1.29 is 4.79 Å². The van der Waals surface area contributed by atoms with E-state index >= 15 is 0 Å². The summed E-state index contributed by atoms with van der Waals surface area (Å²) in [5.41, 5.74) is 3.20. The molecule has 2 aromatic heterocycles. The molecule has 0 bridgehead atoms. The summed E-state index contributed by atoms with van der Waals surface area (Å²) in [6.45, 7) is 6.21. The Morgan fingerprint density at radius 3 is 2.68 bits per heavy atom. The highest BCUT2D eigenvalue weighted by Crippen LogP contribution is 2.25. The first-order valence-electron chi connectivity index (χ1n) is 9.95. The molecule has 1 saturated heterocycles. The topological polar surface area (TPSA) is 63.1 Å². The molecule has 1 fully saturated rings. The third-order valence-corrected chi connectivity index (χ3v) is 5.44. The highest BCUT2D eigenvalue weighted by Gasteiger charge is 2.21. The molecule has 3 heterocycles. The van der Waals surface area contributed by atoms with E-state index in [1.807, 2.05) is 47.4 Å². The van der Waals surface area contributed by atoms with Crippen LogP contribution in [0.5, 0.6) is 0 Å². The van der Waals surface area contributed by atoms with Crippen LogP contribution in [0.3, 0.4) is 0 Å². The minimum Gasteiger partial charge on any atom is -0.349 e. The summed E-state index contributed by atoms with van der Waals surface area (Å²) in [4.78, 5) is 20.2. The number of piperidine rings is 1. The van der Waals surface area contributed by atoms with Crippen molar-refractivity contribution in [2.24, 2.45) is 0 Å². The van der Waals surface area contributed by atoms with Crippen molar-refractivity contribution in [2.45, 2.75) is 38.8 Å². The smallest absolute Gasteiger partial charge is 0.252 e. The second-order valence-corrected chi connectivity index (χ2v) is 7.93. The summed E-state index contributed by atoms with van der Waals surface area (Å²) in [7, 11) is 2.12. The lowest BCUT2D eigenvalue weighted by Crippen LogP contribution is -2.43. The number of fused-ring (bicyclic) bond motifs is 1. The fourth-order valence-corrected chi connectivity index (χ4v) is 3.68. The third-order valence-electron chi connectivity index (χ3n) is 5.44. The Morgan fingerprint density at radius 1 is 1.21 bits per heavy atom. The second-order valence-electron chi connectivity index (χ2n) is 7.93. The van der Waals surface area contributed by atoms with E-state index in [-0.39, 0.29) is 18.0 Å². The number of hydrogen-bond acceptors (Lipinski definition) is 4. The van der Waals surface area contributed by atoms with Gasteiger partial charge in [0.1, 0.15) is 0 Å². The minimum absolute atomic E-state index is 0.0225. The number of carbonyl (C=O) groups is 1. The SMILES string of the molecule is CC(C)n1cc(-c2cc(C(=O)NC3CCN(C)CC3)c3ccccc3n2)cn1. The Balaban J connectivity index is 1.68. The number of carbonyl (C=O) groups excluding carboxylic acids is 1. The Bertz CT molecular complexity index is 986. The highest BCUT2D eigenvalue weighted by molar-refractivity contribution is 6.07. The van der Waals surface area contributed by atoms with Crippen molar-refractivity contribution in [2.75, 3.05) is 20.1 Å². The van der Waals surface area contributed by atoms with Crippen molar-refractivity contribution >= 4 is 16.8 Å². The predicted octanol–water partition coefficient (Wildman–Crippen LogP) is 3.50. The lowest BCUT2D eigenvalue weighted by molar-refractivity contribution is 0.0918. The Kier molecular flexibility index (Phi) is 5.13. The molecule has 4 rings (SSSR count). The molecule has 3 aromatic rings.